The molecule has 2 heteroatoms. The molecule has 0 bridgehead atoms. The van der Waals surface area contributed by atoms with E-state index < -0.39 is 0 Å². The molecule has 0 aliphatic heterocycles. The van der Waals surface area contributed by atoms with Gasteiger partial charge in [0.2, 0.25) is 0 Å². The summed E-state index contributed by atoms with van der Waals surface area (Å²) >= 11 is 0. The summed E-state index contributed by atoms with van der Waals surface area (Å²) in [6.07, 6.45) is 4.14. The lowest BCUT2D eigenvalue weighted by molar-refractivity contribution is 0.325. The highest BCUT2D eigenvalue weighted by atomic mass is 15.3. The van der Waals surface area contributed by atoms with Gasteiger partial charge in [0.05, 0.1) is 6.20 Å². The zero-order chi connectivity index (χ0) is 11.0. The summed E-state index contributed by atoms with van der Waals surface area (Å²) in [5.41, 5.74) is 1.80. The van der Waals surface area contributed by atoms with E-state index in [0.717, 1.165) is 6.54 Å². The topological polar surface area (TPSA) is 17.8 Å². The molecule has 0 fully saturated rings. The molecule has 1 aromatic rings. The fourth-order valence-electron chi connectivity index (χ4n) is 1.32. The predicted octanol–water partition coefficient (Wildman–Crippen LogP) is 3.23. The Bertz CT molecular complexity index is 297. The lowest BCUT2D eigenvalue weighted by atomic mass is 9.90. The van der Waals surface area contributed by atoms with Crippen LogP contribution in [0, 0.1) is 5.41 Å². The number of aromatic nitrogens is 2. The van der Waals surface area contributed by atoms with Crippen LogP contribution >= 0.6 is 0 Å². The molecule has 2 nitrogen and oxygen atoms in total. The van der Waals surface area contributed by atoms with Gasteiger partial charge >= 0.3 is 0 Å². The molecule has 0 atom stereocenters. The van der Waals surface area contributed by atoms with E-state index in [-0.39, 0.29) is 5.41 Å². The van der Waals surface area contributed by atoms with Crippen molar-refractivity contribution in [2.45, 2.75) is 53.5 Å². The fraction of sp³-hybridized carbons (Fsp3) is 0.750. The summed E-state index contributed by atoms with van der Waals surface area (Å²) < 4.78 is 2.04. The molecule has 0 saturated heterocycles. The number of hydrogen-bond donors (Lipinski definition) is 0. The third-order valence-electron chi connectivity index (χ3n) is 2.14. The summed E-state index contributed by atoms with van der Waals surface area (Å²) in [6.45, 7) is 14.3. The van der Waals surface area contributed by atoms with Crippen molar-refractivity contribution in [1.29, 1.82) is 0 Å². The lowest BCUT2D eigenvalue weighted by Crippen LogP contribution is -2.16. The molecule has 0 saturated carbocycles. The average molecular weight is 194 g/mol. The molecule has 0 aromatic carbocycles. The van der Waals surface area contributed by atoms with Crippen LogP contribution in [0.1, 0.15) is 47.1 Å². The van der Waals surface area contributed by atoms with Crippen LogP contribution in [0.2, 0.25) is 0 Å². The number of nitrogens with zero attached hydrogens (tertiary/aromatic N) is 2. The second-order valence-corrected chi connectivity index (χ2v) is 6.24. The molecule has 0 amide bonds. The Hall–Kier alpha value is -0.790. The van der Waals surface area contributed by atoms with Crippen molar-refractivity contribution in [1.82, 2.24) is 9.78 Å². The van der Waals surface area contributed by atoms with Crippen LogP contribution in [0.4, 0.5) is 0 Å². The first-order chi connectivity index (χ1) is 6.18. The van der Waals surface area contributed by atoms with Crippen molar-refractivity contribution in [3.05, 3.63) is 18.0 Å². The third kappa shape index (κ3) is 3.17. The van der Waals surface area contributed by atoms with Gasteiger partial charge in [0.25, 0.3) is 0 Å². The second-order valence-electron chi connectivity index (χ2n) is 6.24. The van der Waals surface area contributed by atoms with Crippen molar-refractivity contribution in [3.8, 4) is 0 Å². The molecule has 0 unspecified atom stereocenters. The van der Waals surface area contributed by atoms with E-state index in [1.807, 2.05) is 10.9 Å². The minimum Gasteiger partial charge on any atom is -0.272 e. The Balaban J connectivity index is 2.79. The highest BCUT2D eigenvalue weighted by molar-refractivity contribution is 5.15. The molecule has 0 aliphatic rings. The van der Waals surface area contributed by atoms with Crippen LogP contribution in [0.25, 0.3) is 0 Å². The van der Waals surface area contributed by atoms with Gasteiger partial charge in [-0.05, 0) is 16.4 Å². The summed E-state index contributed by atoms with van der Waals surface area (Å²) in [5.74, 6) is 0. The van der Waals surface area contributed by atoms with Gasteiger partial charge in [-0.3, -0.25) is 4.68 Å². The summed E-state index contributed by atoms with van der Waals surface area (Å²) in [5, 5.41) is 4.38. The fourth-order valence-corrected chi connectivity index (χ4v) is 1.32. The average Bonchev–Trinajstić information content (AvgIpc) is 2.29. The van der Waals surface area contributed by atoms with Crippen LogP contribution < -0.4 is 0 Å². The van der Waals surface area contributed by atoms with Crippen molar-refractivity contribution >= 4 is 0 Å². The second kappa shape index (κ2) is 3.41. The molecule has 0 radical (unpaired) electrons. The van der Waals surface area contributed by atoms with Crippen LogP contribution in [-0.4, -0.2) is 9.78 Å². The molecule has 14 heavy (non-hydrogen) atoms. The summed E-state index contributed by atoms with van der Waals surface area (Å²) in [7, 11) is 0. The number of rotatable bonds is 1. The van der Waals surface area contributed by atoms with Gasteiger partial charge < -0.3 is 0 Å². The van der Waals surface area contributed by atoms with Gasteiger partial charge in [-0.25, -0.2) is 0 Å². The van der Waals surface area contributed by atoms with E-state index >= 15 is 0 Å². The third-order valence-corrected chi connectivity index (χ3v) is 2.14. The standard InChI is InChI=1S/C12H22N2/c1-11(2,3)9-14-8-10(7-13-14)12(4,5)6/h7-8H,9H2,1-6H3. The monoisotopic (exact) mass is 194 g/mol. The van der Waals surface area contributed by atoms with E-state index in [9.17, 15) is 0 Å². The lowest BCUT2D eigenvalue weighted by Gasteiger charge is -2.18. The van der Waals surface area contributed by atoms with Crippen LogP contribution in [-0.2, 0) is 12.0 Å². The smallest absolute Gasteiger partial charge is 0.0527 e. The molecular formula is C12H22N2. The SMILES string of the molecule is CC(C)(C)Cn1cc(C(C)(C)C)cn1. The van der Waals surface area contributed by atoms with E-state index in [2.05, 4.69) is 52.8 Å². The van der Waals surface area contributed by atoms with Crippen LogP contribution in [0.3, 0.4) is 0 Å². The van der Waals surface area contributed by atoms with Gasteiger partial charge in [-0.15, -0.1) is 0 Å². The van der Waals surface area contributed by atoms with Crippen LogP contribution in [0.15, 0.2) is 12.4 Å². The first-order valence-electron chi connectivity index (χ1n) is 5.21. The number of hydrogen-bond acceptors (Lipinski definition) is 1. The maximum atomic E-state index is 4.38. The first kappa shape index (κ1) is 11.3. The van der Waals surface area contributed by atoms with Crippen molar-refractivity contribution in [2.24, 2.45) is 5.41 Å². The molecule has 0 aliphatic carbocycles. The van der Waals surface area contributed by atoms with E-state index in [1.165, 1.54) is 5.56 Å². The summed E-state index contributed by atoms with van der Waals surface area (Å²) in [4.78, 5) is 0. The molecule has 0 spiro atoms. The minimum absolute atomic E-state index is 0.204. The Labute approximate surface area is 87.3 Å². The molecular weight excluding hydrogens is 172 g/mol. The van der Waals surface area contributed by atoms with Crippen molar-refractivity contribution < 1.29 is 0 Å². The minimum atomic E-state index is 0.204. The normalized spacial score (nSPS) is 13.3. The highest BCUT2D eigenvalue weighted by Crippen LogP contribution is 2.22. The first-order valence-corrected chi connectivity index (χ1v) is 5.21. The van der Waals surface area contributed by atoms with E-state index in [4.69, 9.17) is 0 Å². The van der Waals surface area contributed by atoms with E-state index in [0.29, 0.717) is 5.41 Å². The van der Waals surface area contributed by atoms with Gasteiger partial charge in [0.15, 0.2) is 0 Å². The van der Waals surface area contributed by atoms with Gasteiger partial charge in [-0.1, -0.05) is 41.5 Å². The Kier molecular flexibility index (Phi) is 2.75. The maximum absolute atomic E-state index is 4.38. The molecule has 1 aromatic heterocycles. The predicted molar refractivity (Wildman–Crippen MR) is 60.4 cm³/mol. The molecule has 1 rings (SSSR count). The molecule has 80 valence electrons. The van der Waals surface area contributed by atoms with Gasteiger partial charge in [-0.2, -0.15) is 5.10 Å². The van der Waals surface area contributed by atoms with Gasteiger partial charge in [0, 0.05) is 12.7 Å². The highest BCUT2D eigenvalue weighted by Gasteiger charge is 2.17. The van der Waals surface area contributed by atoms with Crippen LogP contribution in [0.5, 0.6) is 0 Å². The molecule has 0 N–H and O–H groups in total. The zero-order valence-electron chi connectivity index (χ0n) is 10.3. The Morgan fingerprint density at radius 2 is 1.71 bits per heavy atom. The Morgan fingerprint density at radius 3 is 2.07 bits per heavy atom. The van der Waals surface area contributed by atoms with Crippen molar-refractivity contribution in [3.63, 3.8) is 0 Å². The quantitative estimate of drug-likeness (QED) is 0.671. The maximum Gasteiger partial charge on any atom is 0.0527 e. The van der Waals surface area contributed by atoms with Gasteiger partial charge in [0.1, 0.15) is 0 Å². The Morgan fingerprint density at radius 1 is 1.14 bits per heavy atom. The molecule has 1 heterocycles. The largest absolute Gasteiger partial charge is 0.272 e. The summed E-state index contributed by atoms with van der Waals surface area (Å²) in [6, 6.07) is 0. The van der Waals surface area contributed by atoms with E-state index in [1.54, 1.807) is 0 Å². The van der Waals surface area contributed by atoms with Crippen molar-refractivity contribution in [2.75, 3.05) is 0 Å². The zero-order valence-corrected chi connectivity index (χ0v) is 10.3.